The minimum absolute atomic E-state index is 0.0769. The molecule has 1 saturated carbocycles. The van der Waals surface area contributed by atoms with Gasteiger partial charge in [0.25, 0.3) is 0 Å². The van der Waals surface area contributed by atoms with E-state index in [1.54, 1.807) is 6.07 Å². The van der Waals surface area contributed by atoms with Crippen molar-refractivity contribution in [2.24, 2.45) is 5.84 Å². The second-order valence-electron chi connectivity index (χ2n) is 4.67. The quantitative estimate of drug-likeness (QED) is 0.491. The fourth-order valence-corrected chi connectivity index (χ4v) is 1.73. The Morgan fingerprint density at radius 1 is 1.56 bits per heavy atom. The molecule has 0 unspecified atom stereocenters. The van der Waals surface area contributed by atoms with E-state index in [9.17, 15) is 4.79 Å². The molecule has 0 saturated heterocycles. The number of nitrogens with one attached hydrogen (secondary N) is 2. The first-order valence-corrected chi connectivity index (χ1v) is 6.08. The summed E-state index contributed by atoms with van der Waals surface area (Å²) in [4.78, 5) is 17.8. The van der Waals surface area contributed by atoms with Gasteiger partial charge in [0.05, 0.1) is 12.2 Å². The molecule has 6 nitrogen and oxygen atoms in total. The lowest BCUT2D eigenvalue weighted by Crippen LogP contribution is -2.36. The third kappa shape index (κ3) is 3.97. The number of anilines is 1. The largest absolute Gasteiger partial charge is 0.352 e. The molecule has 0 atom stereocenters. The fourth-order valence-electron chi connectivity index (χ4n) is 1.73. The summed E-state index contributed by atoms with van der Waals surface area (Å²) in [5.41, 5.74) is 3.39. The van der Waals surface area contributed by atoms with Crippen molar-refractivity contribution in [1.82, 2.24) is 15.2 Å². The number of nitrogen functional groups attached to an aromatic ring is 1. The van der Waals surface area contributed by atoms with Crippen molar-refractivity contribution >= 4 is 11.7 Å². The van der Waals surface area contributed by atoms with Crippen LogP contribution in [-0.4, -0.2) is 35.4 Å². The van der Waals surface area contributed by atoms with Crippen molar-refractivity contribution in [2.45, 2.75) is 25.4 Å². The number of hydrogen-bond donors (Lipinski definition) is 3. The Morgan fingerprint density at radius 3 is 3.00 bits per heavy atom. The summed E-state index contributed by atoms with van der Waals surface area (Å²) in [6, 6.07) is 6.00. The molecule has 2 rings (SSSR count). The number of likely N-dealkylation sites (N-methyl/N-ethyl adjacent to an activating group) is 1. The molecule has 18 heavy (non-hydrogen) atoms. The highest BCUT2D eigenvalue weighted by molar-refractivity contribution is 5.78. The van der Waals surface area contributed by atoms with Gasteiger partial charge < -0.3 is 10.7 Å². The van der Waals surface area contributed by atoms with Crippen LogP contribution in [0, 0.1) is 0 Å². The van der Waals surface area contributed by atoms with Gasteiger partial charge in [0.2, 0.25) is 5.91 Å². The average Bonchev–Trinajstić information content (AvgIpc) is 3.12. The highest BCUT2D eigenvalue weighted by Crippen LogP contribution is 2.18. The third-order valence-electron chi connectivity index (χ3n) is 2.74. The first kappa shape index (κ1) is 12.8. The van der Waals surface area contributed by atoms with Gasteiger partial charge in [-0.2, -0.15) is 0 Å². The molecular weight excluding hydrogens is 230 g/mol. The number of carbonyl (C=O) groups excluding carboxylic acids is 1. The number of hydrazine groups is 1. The molecule has 1 aliphatic rings. The van der Waals surface area contributed by atoms with Crippen molar-refractivity contribution in [2.75, 3.05) is 19.0 Å². The molecule has 1 fully saturated rings. The minimum atomic E-state index is 0.0769. The Labute approximate surface area is 107 Å². The highest BCUT2D eigenvalue weighted by atomic mass is 16.2. The Morgan fingerprint density at radius 2 is 2.33 bits per heavy atom. The molecule has 0 aliphatic heterocycles. The Hall–Kier alpha value is -1.66. The van der Waals surface area contributed by atoms with Crippen LogP contribution in [0.5, 0.6) is 0 Å². The fraction of sp³-hybridized carbons (Fsp3) is 0.500. The van der Waals surface area contributed by atoms with Gasteiger partial charge in [0.1, 0.15) is 5.82 Å². The van der Waals surface area contributed by atoms with Gasteiger partial charge in [-0.15, -0.1) is 0 Å². The second-order valence-corrected chi connectivity index (χ2v) is 4.67. The van der Waals surface area contributed by atoms with Gasteiger partial charge in [-0.1, -0.05) is 6.07 Å². The molecule has 1 aromatic heterocycles. The zero-order valence-electron chi connectivity index (χ0n) is 10.5. The van der Waals surface area contributed by atoms with Gasteiger partial charge in [0, 0.05) is 12.6 Å². The molecule has 0 aromatic carbocycles. The number of rotatable bonds is 6. The monoisotopic (exact) mass is 249 g/mol. The van der Waals surface area contributed by atoms with Crippen molar-refractivity contribution in [3.05, 3.63) is 23.9 Å². The summed E-state index contributed by atoms with van der Waals surface area (Å²) < 4.78 is 0. The maximum atomic E-state index is 11.6. The number of carbonyl (C=O) groups is 1. The maximum absolute atomic E-state index is 11.6. The van der Waals surface area contributed by atoms with Gasteiger partial charge in [-0.3, -0.25) is 9.69 Å². The molecule has 0 radical (unpaired) electrons. The van der Waals surface area contributed by atoms with Crippen molar-refractivity contribution < 1.29 is 4.79 Å². The van der Waals surface area contributed by atoms with E-state index in [2.05, 4.69) is 15.7 Å². The number of aromatic nitrogens is 1. The predicted molar refractivity (Wildman–Crippen MR) is 69.5 cm³/mol. The third-order valence-corrected chi connectivity index (χ3v) is 2.74. The molecule has 0 spiro atoms. The van der Waals surface area contributed by atoms with E-state index in [1.165, 1.54) is 0 Å². The van der Waals surface area contributed by atoms with Gasteiger partial charge >= 0.3 is 0 Å². The zero-order valence-corrected chi connectivity index (χ0v) is 10.5. The van der Waals surface area contributed by atoms with E-state index in [4.69, 9.17) is 5.84 Å². The van der Waals surface area contributed by atoms with Crippen molar-refractivity contribution in [3.8, 4) is 0 Å². The summed E-state index contributed by atoms with van der Waals surface area (Å²) in [5.74, 6) is 6.01. The molecule has 1 amide bonds. The minimum Gasteiger partial charge on any atom is -0.352 e. The van der Waals surface area contributed by atoms with Gasteiger partial charge in [-0.25, -0.2) is 10.8 Å². The number of amides is 1. The lowest BCUT2D eigenvalue weighted by Gasteiger charge is -2.16. The van der Waals surface area contributed by atoms with Crippen LogP contribution in [0.25, 0.3) is 0 Å². The average molecular weight is 249 g/mol. The molecule has 98 valence electrons. The molecule has 6 heteroatoms. The summed E-state index contributed by atoms with van der Waals surface area (Å²) in [6.45, 7) is 1.01. The van der Waals surface area contributed by atoms with E-state index in [0.29, 0.717) is 24.9 Å². The first-order valence-electron chi connectivity index (χ1n) is 6.08. The summed E-state index contributed by atoms with van der Waals surface area (Å²) in [6.07, 6.45) is 2.22. The summed E-state index contributed by atoms with van der Waals surface area (Å²) in [7, 11) is 1.90. The number of hydrogen-bond acceptors (Lipinski definition) is 5. The van der Waals surface area contributed by atoms with Crippen LogP contribution in [0.15, 0.2) is 18.2 Å². The molecular formula is C12H19N5O. The molecule has 1 aliphatic carbocycles. The normalized spacial score (nSPS) is 14.6. The predicted octanol–water partition coefficient (Wildman–Crippen LogP) is 0.0776. The van der Waals surface area contributed by atoms with Crippen LogP contribution in [0.4, 0.5) is 5.82 Å². The van der Waals surface area contributed by atoms with Crippen LogP contribution in [-0.2, 0) is 11.3 Å². The van der Waals surface area contributed by atoms with E-state index in [1.807, 2.05) is 24.1 Å². The lowest BCUT2D eigenvalue weighted by atomic mass is 10.3. The Kier molecular flexibility index (Phi) is 4.11. The highest BCUT2D eigenvalue weighted by Gasteiger charge is 2.23. The van der Waals surface area contributed by atoms with Crippen LogP contribution >= 0.6 is 0 Å². The van der Waals surface area contributed by atoms with Gasteiger partial charge in [0.15, 0.2) is 0 Å². The van der Waals surface area contributed by atoms with Gasteiger partial charge in [-0.05, 0) is 32.0 Å². The standard InChI is InChI=1S/C12H19N5O/c1-17(8-12(18)15-9-5-6-9)7-10-3-2-4-11(14-10)16-13/h2-4,9H,5-8,13H2,1H3,(H,14,16)(H,15,18). The maximum Gasteiger partial charge on any atom is 0.234 e. The molecule has 1 aromatic rings. The summed E-state index contributed by atoms with van der Waals surface area (Å²) in [5, 5.41) is 2.96. The molecule has 0 bridgehead atoms. The lowest BCUT2D eigenvalue weighted by molar-refractivity contribution is -0.122. The van der Waals surface area contributed by atoms with E-state index in [-0.39, 0.29) is 5.91 Å². The number of pyridine rings is 1. The second kappa shape index (κ2) is 5.79. The number of nitrogens with two attached hydrogens (primary N) is 1. The van der Waals surface area contributed by atoms with Crippen LogP contribution in [0.2, 0.25) is 0 Å². The van der Waals surface area contributed by atoms with Crippen LogP contribution in [0.3, 0.4) is 0 Å². The van der Waals surface area contributed by atoms with Crippen molar-refractivity contribution in [1.29, 1.82) is 0 Å². The molecule has 1 heterocycles. The van der Waals surface area contributed by atoms with E-state index in [0.717, 1.165) is 18.5 Å². The first-order chi connectivity index (χ1) is 8.67. The topological polar surface area (TPSA) is 83.3 Å². The summed E-state index contributed by atoms with van der Waals surface area (Å²) >= 11 is 0. The van der Waals surface area contributed by atoms with E-state index >= 15 is 0 Å². The zero-order chi connectivity index (χ0) is 13.0. The molecule has 4 N–H and O–H groups in total. The van der Waals surface area contributed by atoms with Crippen LogP contribution < -0.4 is 16.6 Å². The Balaban J connectivity index is 1.81. The number of nitrogens with zero attached hydrogens (tertiary/aromatic N) is 2. The van der Waals surface area contributed by atoms with Crippen LogP contribution in [0.1, 0.15) is 18.5 Å². The van der Waals surface area contributed by atoms with E-state index < -0.39 is 0 Å². The smallest absolute Gasteiger partial charge is 0.234 e. The Bertz CT molecular complexity index is 419. The SMILES string of the molecule is CN(CC(=O)NC1CC1)Cc1cccc(NN)n1. The van der Waals surface area contributed by atoms with Crippen molar-refractivity contribution in [3.63, 3.8) is 0 Å².